The predicted molar refractivity (Wildman–Crippen MR) is 117 cm³/mol. The van der Waals surface area contributed by atoms with E-state index in [9.17, 15) is 9.59 Å². The van der Waals surface area contributed by atoms with Gasteiger partial charge in [0, 0.05) is 30.0 Å². The largest absolute Gasteiger partial charge is 0.294 e. The third kappa shape index (κ3) is 3.43. The van der Waals surface area contributed by atoms with E-state index in [1.54, 1.807) is 0 Å². The van der Waals surface area contributed by atoms with E-state index in [-0.39, 0.29) is 23.0 Å². The summed E-state index contributed by atoms with van der Waals surface area (Å²) in [6.07, 6.45) is 1.60. The first kappa shape index (κ1) is 19.6. The summed E-state index contributed by atoms with van der Waals surface area (Å²) in [5.74, 6) is 0.118. The number of Topliss-reactive ketones (excluding diaryl/α,β-unsaturated/α-hetero) is 1. The van der Waals surface area contributed by atoms with Gasteiger partial charge in [-0.15, -0.1) is 0 Å². The summed E-state index contributed by atoms with van der Waals surface area (Å²) < 4.78 is 0. The molecule has 29 heavy (non-hydrogen) atoms. The number of carbonyl (C=O) groups is 2. The molecule has 0 radical (unpaired) electrons. The molecule has 1 heterocycles. The van der Waals surface area contributed by atoms with Crippen LogP contribution in [0, 0.1) is 26.2 Å². The minimum Gasteiger partial charge on any atom is -0.294 e. The number of hydrogen-bond acceptors (Lipinski definition) is 2. The lowest BCUT2D eigenvalue weighted by atomic mass is 9.68. The molecule has 4 rings (SSSR count). The van der Waals surface area contributed by atoms with Crippen LogP contribution >= 0.6 is 0 Å². The Labute approximate surface area is 173 Å². The molecule has 0 saturated carbocycles. The number of rotatable bonds is 2. The van der Waals surface area contributed by atoms with Crippen LogP contribution in [0.3, 0.4) is 0 Å². The molecule has 2 aliphatic rings. The first-order chi connectivity index (χ1) is 13.7. The monoisotopic (exact) mass is 387 g/mol. The van der Waals surface area contributed by atoms with Crippen LogP contribution < -0.4 is 4.90 Å². The lowest BCUT2D eigenvalue weighted by Gasteiger charge is -2.43. The SMILES string of the molecule is Cc1ccc(C)c(N2C(=O)CC(c3ccccc3C)C3=C2CC(C)(C)CC3=O)c1. The summed E-state index contributed by atoms with van der Waals surface area (Å²) in [5.41, 5.74) is 6.92. The maximum absolute atomic E-state index is 13.5. The van der Waals surface area contributed by atoms with E-state index in [0.717, 1.165) is 45.6 Å². The van der Waals surface area contributed by atoms with E-state index in [1.165, 1.54) is 0 Å². The van der Waals surface area contributed by atoms with E-state index in [4.69, 9.17) is 0 Å². The number of benzene rings is 2. The molecule has 150 valence electrons. The van der Waals surface area contributed by atoms with E-state index < -0.39 is 0 Å². The van der Waals surface area contributed by atoms with Gasteiger partial charge in [0.05, 0.1) is 5.69 Å². The highest BCUT2D eigenvalue weighted by atomic mass is 16.2. The number of ketones is 1. The van der Waals surface area contributed by atoms with Crippen molar-refractivity contribution in [2.24, 2.45) is 5.41 Å². The second-order valence-electron chi connectivity index (χ2n) is 9.43. The van der Waals surface area contributed by atoms with Crippen LogP contribution in [-0.2, 0) is 9.59 Å². The molecule has 0 aromatic heterocycles. The van der Waals surface area contributed by atoms with E-state index in [0.29, 0.717) is 12.8 Å². The molecule has 3 nitrogen and oxygen atoms in total. The van der Waals surface area contributed by atoms with E-state index >= 15 is 0 Å². The van der Waals surface area contributed by atoms with E-state index in [1.807, 2.05) is 30.9 Å². The zero-order chi connectivity index (χ0) is 20.9. The number of hydrogen-bond donors (Lipinski definition) is 0. The Balaban J connectivity index is 1.95. The smallest absolute Gasteiger partial charge is 0.232 e. The first-order valence-corrected chi connectivity index (χ1v) is 10.4. The van der Waals surface area contributed by atoms with Crippen LogP contribution in [0.1, 0.15) is 61.3 Å². The van der Waals surface area contributed by atoms with Gasteiger partial charge in [0.15, 0.2) is 5.78 Å². The van der Waals surface area contributed by atoms with Crippen LogP contribution in [0.15, 0.2) is 53.7 Å². The van der Waals surface area contributed by atoms with Crippen LogP contribution in [0.25, 0.3) is 0 Å². The second-order valence-corrected chi connectivity index (χ2v) is 9.43. The fourth-order valence-electron chi connectivity index (χ4n) is 4.90. The van der Waals surface area contributed by atoms with Crippen molar-refractivity contribution < 1.29 is 9.59 Å². The molecule has 0 N–H and O–H groups in total. The van der Waals surface area contributed by atoms with Crippen LogP contribution in [-0.4, -0.2) is 11.7 Å². The lowest BCUT2D eigenvalue weighted by molar-refractivity contribution is -0.121. The van der Waals surface area contributed by atoms with Crippen molar-refractivity contribution in [1.82, 2.24) is 0 Å². The number of carbonyl (C=O) groups excluding carboxylic acids is 2. The number of nitrogens with zero attached hydrogens (tertiary/aromatic N) is 1. The Morgan fingerprint density at radius 3 is 2.38 bits per heavy atom. The van der Waals surface area contributed by atoms with Gasteiger partial charge in [-0.2, -0.15) is 0 Å². The zero-order valence-corrected chi connectivity index (χ0v) is 18.0. The Morgan fingerprint density at radius 2 is 1.66 bits per heavy atom. The van der Waals surface area contributed by atoms with Crippen LogP contribution in [0.2, 0.25) is 0 Å². The summed E-state index contributed by atoms with van der Waals surface area (Å²) in [7, 11) is 0. The zero-order valence-electron chi connectivity index (χ0n) is 18.0. The lowest BCUT2D eigenvalue weighted by Crippen LogP contribution is -2.44. The van der Waals surface area contributed by atoms with Crippen molar-refractivity contribution in [3.63, 3.8) is 0 Å². The number of aryl methyl sites for hydroxylation is 3. The number of allylic oxidation sites excluding steroid dienone is 2. The Bertz CT molecular complexity index is 1040. The van der Waals surface area contributed by atoms with Crippen molar-refractivity contribution in [3.05, 3.63) is 76.0 Å². The van der Waals surface area contributed by atoms with Gasteiger partial charge in [0.25, 0.3) is 0 Å². The van der Waals surface area contributed by atoms with Gasteiger partial charge in [-0.05, 0) is 60.9 Å². The maximum Gasteiger partial charge on any atom is 0.232 e. The minimum absolute atomic E-state index is 0.0798. The standard InChI is InChI=1S/C26H29NO2/c1-16-10-11-18(3)21(12-16)27-22-14-26(4,5)15-23(28)25(22)20(13-24(27)29)19-9-7-6-8-17(19)2/h6-12,20H,13-15H2,1-5H3. The molecule has 0 saturated heterocycles. The van der Waals surface area contributed by atoms with Crippen LogP contribution in [0.4, 0.5) is 5.69 Å². The Hall–Kier alpha value is -2.68. The van der Waals surface area contributed by atoms with Gasteiger partial charge in [-0.3, -0.25) is 14.5 Å². The molecule has 1 aliphatic carbocycles. The molecule has 1 aliphatic heterocycles. The molecular weight excluding hydrogens is 358 g/mol. The quantitative estimate of drug-likeness (QED) is 0.655. The molecule has 3 heteroatoms. The summed E-state index contributed by atoms with van der Waals surface area (Å²) >= 11 is 0. The van der Waals surface area contributed by atoms with Gasteiger partial charge in [0.2, 0.25) is 5.91 Å². The normalized spacial score (nSPS) is 21.4. The molecule has 0 fully saturated rings. The first-order valence-electron chi connectivity index (χ1n) is 10.4. The Kier molecular flexibility index (Phi) is 4.72. The highest BCUT2D eigenvalue weighted by Crippen LogP contribution is 2.49. The molecule has 0 bridgehead atoms. The molecule has 1 atom stereocenters. The average Bonchev–Trinajstić information content (AvgIpc) is 2.63. The molecule has 0 spiro atoms. The second kappa shape index (κ2) is 6.98. The summed E-state index contributed by atoms with van der Waals surface area (Å²) in [6.45, 7) is 10.4. The topological polar surface area (TPSA) is 37.4 Å². The third-order valence-corrected chi connectivity index (χ3v) is 6.31. The molecular formula is C26H29NO2. The fourth-order valence-corrected chi connectivity index (χ4v) is 4.90. The fraction of sp³-hybridized carbons (Fsp3) is 0.385. The number of anilines is 1. The number of amides is 1. The summed E-state index contributed by atoms with van der Waals surface area (Å²) in [6, 6.07) is 14.3. The minimum atomic E-state index is -0.153. The third-order valence-electron chi connectivity index (χ3n) is 6.31. The Morgan fingerprint density at radius 1 is 0.931 bits per heavy atom. The van der Waals surface area contributed by atoms with Gasteiger partial charge < -0.3 is 0 Å². The summed E-state index contributed by atoms with van der Waals surface area (Å²) in [5, 5.41) is 0. The summed E-state index contributed by atoms with van der Waals surface area (Å²) in [4.78, 5) is 28.7. The van der Waals surface area contributed by atoms with Crippen molar-refractivity contribution in [1.29, 1.82) is 0 Å². The van der Waals surface area contributed by atoms with Crippen molar-refractivity contribution >= 4 is 17.4 Å². The highest BCUT2D eigenvalue weighted by Gasteiger charge is 2.44. The van der Waals surface area contributed by atoms with Gasteiger partial charge in [-0.25, -0.2) is 0 Å². The van der Waals surface area contributed by atoms with Crippen LogP contribution in [0.5, 0.6) is 0 Å². The van der Waals surface area contributed by atoms with Gasteiger partial charge >= 0.3 is 0 Å². The predicted octanol–water partition coefficient (Wildman–Crippen LogP) is 5.78. The van der Waals surface area contributed by atoms with Crippen molar-refractivity contribution in [3.8, 4) is 0 Å². The highest BCUT2D eigenvalue weighted by molar-refractivity contribution is 6.08. The molecule has 1 unspecified atom stereocenters. The maximum atomic E-state index is 13.5. The molecule has 1 amide bonds. The van der Waals surface area contributed by atoms with Gasteiger partial charge in [0.1, 0.15) is 0 Å². The van der Waals surface area contributed by atoms with Crippen molar-refractivity contribution in [2.45, 2.75) is 59.8 Å². The van der Waals surface area contributed by atoms with Crippen molar-refractivity contribution in [2.75, 3.05) is 4.90 Å². The van der Waals surface area contributed by atoms with E-state index in [2.05, 4.69) is 51.1 Å². The van der Waals surface area contributed by atoms with Gasteiger partial charge in [-0.1, -0.05) is 50.2 Å². The average molecular weight is 388 g/mol. The molecule has 2 aromatic rings. The molecule has 2 aromatic carbocycles.